The Labute approximate surface area is 164 Å². The van der Waals surface area contributed by atoms with Gasteiger partial charge in [0.15, 0.2) is 23.2 Å². The van der Waals surface area contributed by atoms with Crippen LogP contribution in [0.2, 0.25) is 0 Å². The molecule has 134 valence electrons. The van der Waals surface area contributed by atoms with Crippen molar-refractivity contribution in [3.8, 4) is 22.8 Å². The maximum atomic E-state index is 12.1. The first-order valence-electron chi connectivity index (χ1n) is 8.01. The zero-order chi connectivity index (χ0) is 18.4. The number of nitrogens with one attached hydrogen (secondary N) is 1. The third-order valence-corrected chi connectivity index (χ3v) is 4.68. The fourth-order valence-corrected chi connectivity index (χ4v) is 3.23. The number of thiazole rings is 1. The van der Waals surface area contributed by atoms with E-state index in [4.69, 9.17) is 9.47 Å². The van der Waals surface area contributed by atoms with Gasteiger partial charge in [-0.05, 0) is 31.2 Å². The fraction of sp³-hybridized carbons (Fsp3) is 0.158. The predicted molar refractivity (Wildman–Crippen MR) is 107 cm³/mol. The molecular weight excluding hydrogens is 416 g/mol. The number of para-hydroxylation sites is 2. The molecule has 1 heterocycles. The molecule has 0 atom stereocenters. The topological polar surface area (TPSA) is 60.5 Å². The highest BCUT2D eigenvalue weighted by molar-refractivity contribution is 9.10. The van der Waals surface area contributed by atoms with Crippen molar-refractivity contribution in [1.29, 1.82) is 0 Å². The summed E-state index contributed by atoms with van der Waals surface area (Å²) >= 11 is 4.78. The normalized spacial score (nSPS) is 10.4. The molecule has 1 amide bonds. The lowest BCUT2D eigenvalue weighted by Gasteiger charge is -2.10. The van der Waals surface area contributed by atoms with Gasteiger partial charge in [-0.15, -0.1) is 11.3 Å². The van der Waals surface area contributed by atoms with Gasteiger partial charge in [0.25, 0.3) is 5.91 Å². The van der Waals surface area contributed by atoms with Gasteiger partial charge in [-0.25, -0.2) is 4.98 Å². The van der Waals surface area contributed by atoms with E-state index in [0.29, 0.717) is 23.2 Å². The number of hydrogen-bond acceptors (Lipinski definition) is 5. The Kier molecular flexibility index (Phi) is 6.25. The molecule has 3 rings (SSSR count). The van der Waals surface area contributed by atoms with E-state index >= 15 is 0 Å². The lowest BCUT2D eigenvalue weighted by molar-refractivity contribution is -0.118. The van der Waals surface area contributed by atoms with Crippen LogP contribution in [0.4, 0.5) is 5.13 Å². The van der Waals surface area contributed by atoms with Crippen molar-refractivity contribution in [2.45, 2.75) is 6.92 Å². The maximum Gasteiger partial charge on any atom is 0.264 e. The summed E-state index contributed by atoms with van der Waals surface area (Å²) in [4.78, 5) is 16.6. The average Bonchev–Trinajstić information content (AvgIpc) is 3.10. The molecule has 1 N–H and O–H groups in total. The molecule has 0 bridgehead atoms. The van der Waals surface area contributed by atoms with E-state index in [2.05, 4.69) is 26.2 Å². The van der Waals surface area contributed by atoms with Gasteiger partial charge in [-0.3, -0.25) is 10.1 Å². The number of ether oxygens (including phenoxy) is 2. The van der Waals surface area contributed by atoms with Gasteiger partial charge >= 0.3 is 0 Å². The quantitative estimate of drug-likeness (QED) is 0.571. The van der Waals surface area contributed by atoms with Crippen molar-refractivity contribution in [3.05, 3.63) is 58.4 Å². The van der Waals surface area contributed by atoms with Crippen LogP contribution in [0.25, 0.3) is 11.3 Å². The van der Waals surface area contributed by atoms with Gasteiger partial charge in [0.05, 0.1) is 12.3 Å². The Morgan fingerprint density at radius 2 is 1.81 bits per heavy atom. The van der Waals surface area contributed by atoms with E-state index in [1.54, 1.807) is 6.07 Å². The second-order valence-corrected chi connectivity index (χ2v) is 7.04. The molecule has 0 aliphatic rings. The fourth-order valence-electron chi connectivity index (χ4n) is 2.23. The highest BCUT2D eigenvalue weighted by atomic mass is 79.9. The third kappa shape index (κ3) is 4.83. The first-order valence-corrected chi connectivity index (χ1v) is 9.69. The zero-order valence-electron chi connectivity index (χ0n) is 14.1. The summed E-state index contributed by atoms with van der Waals surface area (Å²) in [7, 11) is 0. The Balaban J connectivity index is 1.58. The molecule has 0 aliphatic carbocycles. The number of benzene rings is 2. The minimum absolute atomic E-state index is 0.114. The second kappa shape index (κ2) is 8.82. The zero-order valence-corrected chi connectivity index (χ0v) is 16.5. The smallest absolute Gasteiger partial charge is 0.264 e. The van der Waals surface area contributed by atoms with Crippen molar-refractivity contribution in [2.75, 3.05) is 18.5 Å². The number of aromatic nitrogens is 1. The minimum Gasteiger partial charge on any atom is -0.490 e. The SMILES string of the molecule is CCOc1ccccc1OCC(=O)Nc1nc(-c2ccc(Br)cc2)cs1. The van der Waals surface area contributed by atoms with Crippen molar-refractivity contribution >= 4 is 38.3 Å². The van der Waals surface area contributed by atoms with E-state index in [1.165, 1.54) is 11.3 Å². The van der Waals surface area contributed by atoms with Crippen LogP contribution in [-0.2, 0) is 4.79 Å². The molecule has 26 heavy (non-hydrogen) atoms. The molecule has 7 heteroatoms. The maximum absolute atomic E-state index is 12.1. The number of halogens is 1. The molecule has 0 aliphatic heterocycles. The summed E-state index contributed by atoms with van der Waals surface area (Å²) in [5.41, 5.74) is 1.81. The lowest BCUT2D eigenvalue weighted by Crippen LogP contribution is -2.20. The molecule has 5 nitrogen and oxygen atoms in total. The summed E-state index contributed by atoms with van der Waals surface area (Å²) in [5, 5.41) is 5.20. The van der Waals surface area contributed by atoms with E-state index in [9.17, 15) is 4.79 Å². The predicted octanol–water partition coefficient (Wildman–Crippen LogP) is 4.99. The number of nitrogens with zero attached hydrogens (tertiary/aromatic N) is 1. The molecule has 0 saturated heterocycles. The molecule has 0 fully saturated rings. The van der Waals surface area contributed by atoms with Crippen LogP contribution in [0, 0.1) is 0 Å². The Hall–Kier alpha value is -2.38. The number of anilines is 1. The summed E-state index contributed by atoms with van der Waals surface area (Å²) in [6.45, 7) is 2.32. The van der Waals surface area contributed by atoms with Crippen molar-refractivity contribution in [1.82, 2.24) is 4.98 Å². The number of carbonyl (C=O) groups excluding carboxylic acids is 1. The third-order valence-electron chi connectivity index (χ3n) is 3.40. The number of rotatable bonds is 7. The molecular formula is C19H17BrN2O3S. The molecule has 0 radical (unpaired) electrons. The van der Waals surface area contributed by atoms with E-state index in [1.807, 2.05) is 54.8 Å². The van der Waals surface area contributed by atoms with Crippen LogP contribution in [0.15, 0.2) is 58.4 Å². The number of hydrogen-bond donors (Lipinski definition) is 1. The van der Waals surface area contributed by atoms with Gasteiger partial charge in [0.1, 0.15) is 0 Å². The van der Waals surface area contributed by atoms with Crippen LogP contribution < -0.4 is 14.8 Å². The second-order valence-electron chi connectivity index (χ2n) is 5.26. The lowest BCUT2D eigenvalue weighted by atomic mass is 10.2. The van der Waals surface area contributed by atoms with Crippen LogP contribution in [-0.4, -0.2) is 24.1 Å². The molecule has 2 aromatic carbocycles. The summed E-state index contributed by atoms with van der Waals surface area (Å²) < 4.78 is 12.0. The highest BCUT2D eigenvalue weighted by Gasteiger charge is 2.10. The van der Waals surface area contributed by atoms with Crippen molar-refractivity contribution in [2.24, 2.45) is 0 Å². The molecule has 1 aromatic heterocycles. The summed E-state index contributed by atoms with van der Waals surface area (Å²) in [6.07, 6.45) is 0. The Morgan fingerprint density at radius 3 is 2.50 bits per heavy atom. The molecule has 3 aromatic rings. The van der Waals surface area contributed by atoms with Crippen molar-refractivity contribution < 1.29 is 14.3 Å². The Morgan fingerprint density at radius 1 is 1.12 bits per heavy atom. The molecule has 0 unspecified atom stereocenters. The van der Waals surface area contributed by atoms with Crippen LogP contribution >= 0.6 is 27.3 Å². The van der Waals surface area contributed by atoms with Gasteiger partial charge < -0.3 is 9.47 Å². The summed E-state index contributed by atoms with van der Waals surface area (Å²) in [5.74, 6) is 0.891. The van der Waals surface area contributed by atoms with E-state index in [0.717, 1.165) is 15.7 Å². The Bertz CT molecular complexity index is 881. The molecule has 0 saturated carbocycles. The molecule has 0 spiro atoms. The van der Waals surface area contributed by atoms with Gasteiger partial charge in [-0.2, -0.15) is 0 Å². The van der Waals surface area contributed by atoms with Crippen molar-refractivity contribution in [3.63, 3.8) is 0 Å². The van der Waals surface area contributed by atoms with Gasteiger partial charge in [0, 0.05) is 15.4 Å². The van der Waals surface area contributed by atoms with Gasteiger partial charge in [0.2, 0.25) is 0 Å². The standard InChI is InChI=1S/C19H17BrN2O3S/c1-2-24-16-5-3-4-6-17(16)25-11-18(23)22-19-21-15(12-26-19)13-7-9-14(20)10-8-13/h3-10,12H,2,11H2,1H3,(H,21,22,23). The van der Waals surface area contributed by atoms with Gasteiger partial charge in [-0.1, -0.05) is 40.2 Å². The van der Waals surface area contributed by atoms with Crippen LogP contribution in [0.5, 0.6) is 11.5 Å². The summed E-state index contributed by atoms with van der Waals surface area (Å²) in [6, 6.07) is 15.1. The average molecular weight is 433 g/mol. The van der Waals surface area contributed by atoms with Crippen LogP contribution in [0.1, 0.15) is 6.92 Å². The van der Waals surface area contributed by atoms with E-state index < -0.39 is 0 Å². The van der Waals surface area contributed by atoms with Crippen LogP contribution in [0.3, 0.4) is 0 Å². The number of amides is 1. The minimum atomic E-state index is -0.270. The van der Waals surface area contributed by atoms with E-state index in [-0.39, 0.29) is 12.5 Å². The largest absolute Gasteiger partial charge is 0.490 e. The monoisotopic (exact) mass is 432 g/mol. The first kappa shape index (κ1) is 18.4. The first-order chi connectivity index (χ1) is 12.7. The number of carbonyl (C=O) groups is 1. The highest BCUT2D eigenvalue weighted by Crippen LogP contribution is 2.27.